The Morgan fingerprint density at radius 2 is 1.37 bits per heavy atom. The maximum Gasteiger partial charge on any atom is 0.0699 e. The Morgan fingerprint density at radius 1 is 0.895 bits per heavy atom. The Kier molecular flexibility index (Phi) is 2.32. The van der Waals surface area contributed by atoms with Crippen LogP contribution in [0.3, 0.4) is 0 Å². The zero-order chi connectivity index (χ0) is 13.2. The summed E-state index contributed by atoms with van der Waals surface area (Å²) in [5.41, 5.74) is 2.15. The zero-order valence-electron chi connectivity index (χ0n) is 11.7. The SMILES string of the molecule is C=C1CC(C#N)(C2C3CC4CC(C3)CC2C4)CC1=C. The maximum atomic E-state index is 9.90. The molecule has 5 aliphatic carbocycles. The van der Waals surface area contributed by atoms with Crippen LogP contribution in [0, 0.1) is 46.3 Å². The molecule has 1 nitrogen and oxygen atoms in total. The Bertz CT molecular complexity index is 448. The van der Waals surface area contributed by atoms with Crippen LogP contribution in [-0.2, 0) is 0 Å². The predicted octanol–water partition coefficient (Wildman–Crippen LogP) is 4.47. The van der Waals surface area contributed by atoms with Crippen molar-refractivity contribution in [3.63, 3.8) is 0 Å². The average Bonchev–Trinajstić information content (AvgIpc) is 2.64. The second kappa shape index (κ2) is 3.75. The van der Waals surface area contributed by atoms with Crippen molar-refractivity contribution in [3.05, 3.63) is 24.3 Å². The molecule has 0 radical (unpaired) electrons. The van der Waals surface area contributed by atoms with E-state index >= 15 is 0 Å². The smallest absolute Gasteiger partial charge is 0.0699 e. The molecule has 0 spiro atoms. The number of hydrogen-bond donors (Lipinski definition) is 0. The van der Waals surface area contributed by atoms with Crippen LogP contribution in [0.15, 0.2) is 24.3 Å². The van der Waals surface area contributed by atoms with Crippen molar-refractivity contribution in [2.75, 3.05) is 0 Å². The molecular weight excluding hydrogens is 230 g/mol. The molecule has 100 valence electrons. The van der Waals surface area contributed by atoms with E-state index in [1.807, 2.05) is 0 Å². The van der Waals surface area contributed by atoms with Gasteiger partial charge < -0.3 is 0 Å². The summed E-state index contributed by atoms with van der Waals surface area (Å²) in [5.74, 6) is 4.27. The molecule has 19 heavy (non-hydrogen) atoms. The van der Waals surface area contributed by atoms with Crippen molar-refractivity contribution in [2.24, 2.45) is 35.0 Å². The molecule has 0 amide bonds. The molecule has 1 heteroatoms. The van der Waals surface area contributed by atoms with E-state index in [-0.39, 0.29) is 5.41 Å². The van der Waals surface area contributed by atoms with Gasteiger partial charge in [-0.05, 0) is 74.5 Å². The predicted molar refractivity (Wildman–Crippen MR) is 76.1 cm³/mol. The monoisotopic (exact) mass is 253 g/mol. The molecule has 5 fully saturated rings. The van der Waals surface area contributed by atoms with Gasteiger partial charge >= 0.3 is 0 Å². The van der Waals surface area contributed by atoms with Crippen LogP contribution in [0.5, 0.6) is 0 Å². The van der Waals surface area contributed by atoms with E-state index in [4.69, 9.17) is 0 Å². The first kappa shape index (κ1) is 11.8. The molecule has 0 aromatic rings. The first-order chi connectivity index (χ1) is 9.11. The average molecular weight is 253 g/mol. The summed E-state index contributed by atoms with van der Waals surface area (Å²) >= 11 is 0. The lowest BCUT2D eigenvalue weighted by Crippen LogP contribution is -2.50. The van der Waals surface area contributed by atoms with Gasteiger partial charge in [0.15, 0.2) is 0 Å². The normalized spacial score (nSPS) is 46.6. The molecule has 5 saturated carbocycles. The third kappa shape index (κ3) is 1.52. The quantitative estimate of drug-likeness (QED) is 0.676. The van der Waals surface area contributed by atoms with E-state index in [1.165, 1.54) is 32.1 Å². The van der Waals surface area contributed by atoms with E-state index in [1.54, 1.807) is 0 Å². The van der Waals surface area contributed by atoms with Gasteiger partial charge in [0, 0.05) is 0 Å². The van der Waals surface area contributed by atoms with E-state index in [0.717, 1.165) is 47.7 Å². The van der Waals surface area contributed by atoms with Crippen molar-refractivity contribution in [1.82, 2.24) is 0 Å². The van der Waals surface area contributed by atoms with Crippen molar-refractivity contribution < 1.29 is 0 Å². The summed E-state index contributed by atoms with van der Waals surface area (Å²) in [4.78, 5) is 0. The van der Waals surface area contributed by atoms with Gasteiger partial charge in [-0.1, -0.05) is 24.3 Å². The second-order valence-corrected chi connectivity index (χ2v) is 7.79. The van der Waals surface area contributed by atoms with Gasteiger partial charge in [-0.25, -0.2) is 0 Å². The van der Waals surface area contributed by atoms with Crippen LogP contribution < -0.4 is 0 Å². The fourth-order valence-electron chi connectivity index (χ4n) is 6.29. The van der Waals surface area contributed by atoms with Gasteiger partial charge in [-0.3, -0.25) is 0 Å². The van der Waals surface area contributed by atoms with Crippen LogP contribution in [0.1, 0.15) is 44.9 Å². The molecule has 0 heterocycles. The number of hydrogen-bond acceptors (Lipinski definition) is 1. The highest BCUT2D eigenvalue weighted by Gasteiger charge is 2.57. The molecule has 0 atom stereocenters. The van der Waals surface area contributed by atoms with Crippen LogP contribution in [0.4, 0.5) is 0 Å². The molecule has 0 aromatic heterocycles. The van der Waals surface area contributed by atoms with Crippen molar-refractivity contribution >= 4 is 0 Å². The third-order valence-corrected chi connectivity index (χ3v) is 6.65. The standard InChI is InChI=1S/C18H23N/c1-11-8-18(10-19,9-12(11)2)17-15-4-13-3-14(6-15)7-16(17)5-13/h13-17H,1-9H2. The minimum absolute atomic E-state index is 0.142. The molecule has 5 aliphatic rings. The second-order valence-electron chi connectivity index (χ2n) is 7.79. The summed E-state index contributed by atoms with van der Waals surface area (Å²) in [6.07, 6.45) is 8.89. The van der Waals surface area contributed by atoms with Crippen molar-refractivity contribution in [3.8, 4) is 6.07 Å². The Hall–Kier alpha value is -1.03. The molecule has 0 unspecified atom stereocenters. The van der Waals surface area contributed by atoms with Crippen molar-refractivity contribution in [2.45, 2.75) is 44.9 Å². The van der Waals surface area contributed by atoms with E-state index in [2.05, 4.69) is 19.2 Å². The van der Waals surface area contributed by atoms with Gasteiger partial charge in [0.1, 0.15) is 0 Å². The Balaban J connectivity index is 1.70. The number of nitriles is 1. The maximum absolute atomic E-state index is 9.90. The molecule has 0 aliphatic heterocycles. The molecule has 0 saturated heterocycles. The first-order valence-corrected chi connectivity index (χ1v) is 7.88. The minimum atomic E-state index is -0.142. The highest BCUT2D eigenvalue weighted by molar-refractivity contribution is 5.38. The third-order valence-electron chi connectivity index (χ3n) is 6.65. The Labute approximate surface area is 116 Å². The topological polar surface area (TPSA) is 23.8 Å². The van der Waals surface area contributed by atoms with Gasteiger partial charge in [0.05, 0.1) is 11.5 Å². The minimum Gasteiger partial charge on any atom is -0.198 e. The van der Waals surface area contributed by atoms with Gasteiger partial charge in [-0.15, -0.1) is 0 Å². The molecule has 0 N–H and O–H groups in total. The van der Waals surface area contributed by atoms with Crippen LogP contribution in [0.2, 0.25) is 0 Å². The molecule has 0 aromatic carbocycles. The summed E-state index contributed by atoms with van der Waals surface area (Å²) in [6.45, 7) is 8.28. The van der Waals surface area contributed by atoms with Crippen LogP contribution in [0.25, 0.3) is 0 Å². The number of allylic oxidation sites excluding steroid dienone is 2. The van der Waals surface area contributed by atoms with Gasteiger partial charge in [0.2, 0.25) is 0 Å². The van der Waals surface area contributed by atoms with Gasteiger partial charge in [-0.2, -0.15) is 5.26 Å². The summed E-state index contributed by atoms with van der Waals surface area (Å²) in [6, 6.07) is 2.74. The highest BCUT2D eigenvalue weighted by Crippen LogP contribution is 2.64. The highest BCUT2D eigenvalue weighted by atomic mass is 14.6. The summed E-state index contributed by atoms with van der Waals surface area (Å²) in [7, 11) is 0. The fraction of sp³-hybridized carbons (Fsp3) is 0.722. The lowest BCUT2D eigenvalue weighted by Gasteiger charge is -2.57. The van der Waals surface area contributed by atoms with Crippen LogP contribution >= 0.6 is 0 Å². The lowest BCUT2D eigenvalue weighted by molar-refractivity contribution is -0.0770. The largest absolute Gasteiger partial charge is 0.198 e. The Morgan fingerprint density at radius 3 is 1.79 bits per heavy atom. The lowest BCUT2D eigenvalue weighted by atomic mass is 9.46. The van der Waals surface area contributed by atoms with Crippen LogP contribution in [-0.4, -0.2) is 0 Å². The number of nitrogens with zero attached hydrogens (tertiary/aromatic N) is 1. The molecule has 5 rings (SSSR count). The number of rotatable bonds is 1. The van der Waals surface area contributed by atoms with Crippen molar-refractivity contribution in [1.29, 1.82) is 5.26 Å². The molecule has 4 bridgehead atoms. The summed E-state index contributed by atoms with van der Waals surface area (Å²) in [5, 5.41) is 9.90. The summed E-state index contributed by atoms with van der Waals surface area (Å²) < 4.78 is 0. The first-order valence-electron chi connectivity index (χ1n) is 7.88. The van der Waals surface area contributed by atoms with Gasteiger partial charge in [0.25, 0.3) is 0 Å². The molecular formula is C18H23N. The fourth-order valence-corrected chi connectivity index (χ4v) is 6.29. The van der Waals surface area contributed by atoms with E-state index in [0.29, 0.717) is 5.92 Å². The van der Waals surface area contributed by atoms with E-state index < -0.39 is 0 Å². The van der Waals surface area contributed by atoms with E-state index in [9.17, 15) is 5.26 Å². The zero-order valence-corrected chi connectivity index (χ0v) is 11.7.